The molecular formula is C12H15ClO5. The molecule has 0 heterocycles. The van der Waals surface area contributed by atoms with Gasteiger partial charge in [0.25, 0.3) is 0 Å². The third-order valence-electron chi connectivity index (χ3n) is 2.30. The lowest BCUT2D eigenvalue weighted by molar-refractivity contribution is -0.159. The minimum Gasteiger partial charge on any atom is -0.497 e. The van der Waals surface area contributed by atoms with Crippen LogP contribution in [0, 0.1) is 0 Å². The third-order valence-corrected chi connectivity index (χ3v) is 2.52. The van der Waals surface area contributed by atoms with Crippen molar-refractivity contribution in [3.63, 3.8) is 0 Å². The lowest BCUT2D eigenvalue weighted by Gasteiger charge is -2.17. The smallest absolute Gasteiger partial charge is 0.338 e. The van der Waals surface area contributed by atoms with Crippen LogP contribution in [0.3, 0.4) is 0 Å². The van der Waals surface area contributed by atoms with E-state index in [2.05, 4.69) is 4.74 Å². The zero-order chi connectivity index (χ0) is 13.7. The topological polar surface area (TPSA) is 76.0 Å². The van der Waals surface area contributed by atoms with Crippen LogP contribution in [-0.4, -0.2) is 36.0 Å². The Morgan fingerprint density at radius 3 is 2.61 bits per heavy atom. The highest BCUT2D eigenvalue weighted by Crippen LogP contribution is 2.26. The van der Waals surface area contributed by atoms with Crippen molar-refractivity contribution in [3.8, 4) is 5.75 Å². The molecular weight excluding hydrogens is 260 g/mol. The Bertz CT molecular complexity index is 421. The molecule has 0 aliphatic carbocycles. The van der Waals surface area contributed by atoms with E-state index in [4.69, 9.17) is 16.3 Å². The number of halogens is 1. The standard InChI is InChI=1S/C12H15ClO5/c1-3-18-12(16)11(15)10(14)7-4-8(13)6-9(5-7)17-2/h4-6,10-11,14-15H,3H2,1-2H3. The van der Waals surface area contributed by atoms with Crippen LogP contribution in [-0.2, 0) is 9.53 Å². The normalized spacial score (nSPS) is 13.8. The number of hydrogen-bond acceptors (Lipinski definition) is 5. The van der Waals surface area contributed by atoms with Gasteiger partial charge < -0.3 is 19.7 Å². The molecule has 0 aliphatic rings. The highest BCUT2D eigenvalue weighted by atomic mass is 35.5. The molecule has 0 bridgehead atoms. The first kappa shape index (κ1) is 14.8. The number of aliphatic hydroxyl groups excluding tert-OH is 2. The maximum Gasteiger partial charge on any atom is 0.338 e. The maximum absolute atomic E-state index is 11.3. The van der Waals surface area contributed by atoms with E-state index in [0.717, 1.165) is 0 Å². The molecule has 0 amide bonds. The number of methoxy groups -OCH3 is 1. The molecule has 2 atom stereocenters. The van der Waals surface area contributed by atoms with Gasteiger partial charge in [-0.1, -0.05) is 11.6 Å². The van der Waals surface area contributed by atoms with Crippen molar-refractivity contribution >= 4 is 17.6 Å². The first-order valence-corrected chi connectivity index (χ1v) is 5.74. The molecule has 18 heavy (non-hydrogen) atoms. The molecule has 1 aromatic carbocycles. The fourth-order valence-corrected chi connectivity index (χ4v) is 1.65. The summed E-state index contributed by atoms with van der Waals surface area (Å²) in [4.78, 5) is 11.3. The summed E-state index contributed by atoms with van der Waals surface area (Å²) in [5, 5.41) is 19.8. The Kier molecular flexibility index (Phi) is 5.40. The molecule has 0 radical (unpaired) electrons. The van der Waals surface area contributed by atoms with Crippen molar-refractivity contribution in [2.75, 3.05) is 13.7 Å². The van der Waals surface area contributed by atoms with E-state index >= 15 is 0 Å². The number of aliphatic hydroxyl groups is 2. The fourth-order valence-electron chi connectivity index (χ4n) is 1.41. The summed E-state index contributed by atoms with van der Waals surface area (Å²) in [6, 6.07) is 4.48. The van der Waals surface area contributed by atoms with E-state index in [1.54, 1.807) is 13.0 Å². The van der Waals surface area contributed by atoms with Crippen LogP contribution < -0.4 is 4.74 Å². The summed E-state index contributed by atoms with van der Waals surface area (Å²) < 4.78 is 9.60. The van der Waals surface area contributed by atoms with Gasteiger partial charge in [-0.3, -0.25) is 0 Å². The number of rotatable bonds is 5. The second-order valence-corrected chi connectivity index (χ2v) is 4.00. The highest BCUT2D eigenvalue weighted by Gasteiger charge is 2.27. The minimum atomic E-state index is -1.66. The second-order valence-electron chi connectivity index (χ2n) is 3.57. The molecule has 6 heteroatoms. The van der Waals surface area contributed by atoms with Gasteiger partial charge in [0.15, 0.2) is 6.10 Å². The van der Waals surface area contributed by atoms with E-state index < -0.39 is 18.2 Å². The predicted molar refractivity (Wildman–Crippen MR) is 65.6 cm³/mol. The maximum atomic E-state index is 11.3. The Hall–Kier alpha value is -1.30. The predicted octanol–water partition coefficient (Wildman–Crippen LogP) is 1.31. The molecule has 0 fully saturated rings. The first-order valence-electron chi connectivity index (χ1n) is 5.36. The number of benzene rings is 1. The summed E-state index contributed by atoms with van der Waals surface area (Å²) in [5.74, 6) is -0.462. The lowest BCUT2D eigenvalue weighted by atomic mass is 10.0. The second kappa shape index (κ2) is 6.58. The van der Waals surface area contributed by atoms with Crippen LogP contribution in [0.25, 0.3) is 0 Å². The molecule has 0 saturated carbocycles. The molecule has 5 nitrogen and oxygen atoms in total. The third kappa shape index (κ3) is 3.60. The number of ether oxygens (including phenoxy) is 2. The van der Waals surface area contributed by atoms with E-state index in [1.165, 1.54) is 19.2 Å². The van der Waals surface area contributed by atoms with Gasteiger partial charge in [-0.2, -0.15) is 0 Å². The molecule has 0 saturated heterocycles. The van der Waals surface area contributed by atoms with Crippen LogP contribution >= 0.6 is 11.6 Å². The van der Waals surface area contributed by atoms with Crippen LogP contribution in [0.15, 0.2) is 18.2 Å². The first-order chi connectivity index (χ1) is 8.49. The van der Waals surface area contributed by atoms with E-state index in [1.807, 2.05) is 0 Å². The average Bonchev–Trinajstić information content (AvgIpc) is 2.36. The summed E-state index contributed by atoms with van der Waals surface area (Å²) in [6.45, 7) is 1.74. The molecule has 0 aromatic heterocycles. The van der Waals surface area contributed by atoms with Crippen LogP contribution in [0.4, 0.5) is 0 Å². The van der Waals surface area contributed by atoms with Gasteiger partial charge in [0, 0.05) is 5.02 Å². The molecule has 0 spiro atoms. The highest BCUT2D eigenvalue weighted by molar-refractivity contribution is 6.30. The summed E-state index contributed by atoms with van der Waals surface area (Å²) in [7, 11) is 1.45. The minimum absolute atomic E-state index is 0.126. The largest absolute Gasteiger partial charge is 0.497 e. The molecule has 2 N–H and O–H groups in total. The number of esters is 1. The lowest BCUT2D eigenvalue weighted by Crippen LogP contribution is -2.29. The zero-order valence-corrected chi connectivity index (χ0v) is 10.8. The fraction of sp³-hybridized carbons (Fsp3) is 0.417. The Morgan fingerprint density at radius 1 is 1.39 bits per heavy atom. The van der Waals surface area contributed by atoms with Crippen molar-refractivity contribution in [1.82, 2.24) is 0 Å². The Balaban J connectivity index is 2.92. The summed E-state index contributed by atoms with van der Waals surface area (Å²) >= 11 is 5.83. The molecule has 2 unspecified atom stereocenters. The summed E-state index contributed by atoms with van der Waals surface area (Å²) in [5.41, 5.74) is 0.278. The van der Waals surface area contributed by atoms with Gasteiger partial charge in [0.05, 0.1) is 13.7 Å². The number of carbonyl (C=O) groups is 1. The monoisotopic (exact) mass is 274 g/mol. The Labute approximate surface area is 110 Å². The van der Waals surface area contributed by atoms with Crippen LogP contribution in [0.5, 0.6) is 5.75 Å². The van der Waals surface area contributed by atoms with Crippen molar-refractivity contribution in [2.45, 2.75) is 19.1 Å². The van der Waals surface area contributed by atoms with Gasteiger partial charge in [-0.05, 0) is 30.7 Å². The summed E-state index contributed by atoms with van der Waals surface area (Å²) in [6.07, 6.45) is -3.08. The van der Waals surface area contributed by atoms with Crippen molar-refractivity contribution < 1.29 is 24.5 Å². The van der Waals surface area contributed by atoms with Gasteiger partial charge in [-0.25, -0.2) is 4.79 Å². The van der Waals surface area contributed by atoms with Gasteiger partial charge in [0.2, 0.25) is 0 Å². The SMILES string of the molecule is CCOC(=O)C(O)C(O)c1cc(Cl)cc(OC)c1. The number of hydrogen-bond donors (Lipinski definition) is 2. The zero-order valence-electron chi connectivity index (χ0n) is 10.1. The molecule has 1 rings (SSSR count). The van der Waals surface area contributed by atoms with Gasteiger partial charge >= 0.3 is 5.97 Å². The van der Waals surface area contributed by atoms with Crippen molar-refractivity contribution in [2.24, 2.45) is 0 Å². The Morgan fingerprint density at radius 2 is 2.06 bits per heavy atom. The van der Waals surface area contributed by atoms with E-state index in [9.17, 15) is 15.0 Å². The molecule has 1 aromatic rings. The van der Waals surface area contributed by atoms with Gasteiger partial charge in [0.1, 0.15) is 11.9 Å². The quantitative estimate of drug-likeness (QED) is 0.792. The van der Waals surface area contributed by atoms with Crippen molar-refractivity contribution in [1.29, 1.82) is 0 Å². The molecule has 0 aliphatic heterocycles. The van der Waals surface area contributed by atoms with E-state index in [-0.39, 0.29) is 12.2 Å². The van der Waals surface area contributed by atoms with Crippen LogP contribution in [0.1, 0.15) is 18.6 Å². The average molecular weight is 275 g/mol. The number of carbonyl (C=O) groups excluding carboxylic acids is 1. The van der Waals surface area contributed by atoms with E-state index in [0.29, 0.717) is 10.8 Å². The molecule has 100 valence electrons. The van der Waals surface area contributed by atoms with Gasteiger partial charge in [-0.15, -0.1) is 0 Å². The van der Waals surface area contributed by atoms with Crippen molar-refractivity contribution in [3.05, 3.63) is 28.8 Å². The van der Waals surface area contributed by atoms with Crippen LogP contribution in [0.2, 0.25) is 5.02 Å².